The number of benzene rings is 1. The van der Waals surface area contributed by atoms with E-state index in [9.17, 15) is 18.0 Å². The van der Waals surface area contributed by atoms with Crippen molar-refractivity contribution < 1.29 is 32.2 Å². The van der Waals surface area contributed by atoms with Gasteiger partial charge in [0, 0.05) is 23.7 Å². The van der Waals surface area contributed by atoms with E-state index in [0.717, 1.165) is 22.9 Å². The molecular weight excluding hydrogens is 489 g/mol. The van der Waals surface area contributed by atoms with Crippen LogP contribution in [0, 0.1) is 5.92 Å². The van der Waals surface area contributed by atoms with E-state index in [0.29, 0.717) is 31.4 Å². The summed E-state index contributed by atoms with van der Waals surface area (Å²) in [4.78, 5) is 21.6. The van der Waals surface area contributed by atoms with Crippen molar-refractivity contribution in [1.29, 1.82) is 0 Å². The number of amides is 1. The molecule has 3 aliphatic rings. The molecule has 1 aliphatic carbocycles. The van der Waals surface area contributed by atoms with Crippen LogP contribution in [-0.2, 0) is 16.5 Å². The summed E-state index contributed by atoms with van der Waals surface area (Å²) in [5.74, 6) is 0.0790. The highest BCUT2D eigenvalue weighted by Crippen LogP contribution is 2.52. The number of pyridine rings is 1. The smallest absolute Gasteiger partial charge is 0.418 e. The summed E-state index contributed by atoms with van der Waals surface area (Å²) in [6, 6.07) is 6.74. The number of nitrogens with two attached hydrogens (primary N) is 1. The number of hydrogen-bond donors (Lipinski definition) is 2. The molecule has 37 heavy (non-hydrogen) atoms. The maximum Gasteiger partial charge on any atom is 0.418 e. The molecule has 4 atom stereocenters. The number of nitrogens with one attached hydrogen (secondary N) is 1. The quantitative estimate of drug-likeness (QED) is 0.630. The molecule has 1 saturated carbocycles. The minimum Gasteiger partial charge on any atom is -0.494 e. The summed E-state index contributed by atoms with van der Waals surface area (Å²) in [7, 11) is 1.20. The fourth-order valence-corrected chi connectivity index (χ4v) is 5.58. The number of hydrogen-bond acceptors (Lipinski definition) is 7. The Kier molecular flexibility index (Phi) is 6.19. The van der Waals surface area contributed by atoms with Crippen molar-refractivity contribution in [2.75, 3.05) is 13.7 Å². The number of methoxy groups -OCH3 is 1. The molecule has 3 heterocycles. The Labute approximate surface area is 212 Å². The Hall–Kier alpha value is -3.50. The molecule has 1 amide bonds. The van der Waals surface area contributed by atoms with Gasteiger partial charge in [-0.05, 0) is 48.9 Å². The Bertz CT molecular complexity index is 1250. The van der Waals surface area contributed by atoms with Crippen LogP contribution in [0.5, 0.6) is 11.5 Å². The first-order valence-corrected chi connectivity index (χ1v) is 12.2. The molecule has 8 nitrogen and oxygen atoms in total. The van der Waals surface area contributed by atoms with E-state index in [1.54, 1.807) is 0 Å². The van der Waals surface area contributed by atoms with Crippen LogP contribution in [0.15, 0.2) is 35.5 Å². The van der Waals surface area contributed by atoms with Crippen LogP contribution in [0.1, 0.15) is 66.2 Å². The molecule has 1 aromatic heterocycles. The lowest BCUT2D eigenvalue weighted by atomic mass is 9.67. The van der Waals surface area contributed by atoms with Crippen molar-refractivity contribution in [2.45, 2.75) is 62.9 Å². The lowest BCUT2D eigenvalue weighted by Crippen LogP contribution is -2.54. The number of aromatic nitrogens is 1. The van der Waals surface area contributed by atoms with Gasteiger partial charge in [0.1, 0.15) is 24.0 Å². The topological polar surface area (TPSA) is 108 Å². The minimum atomic E-state index is -4.60. The third kappa shape index (κ3) is 4.44. The number of halogens is 3. The molecule has 1 spiro atoms. The summed E-state index contributed by atoms with van der Waals surface area (Å²) in [6.07, 6.45) is -2.33. The largest absolute Gasteiger partial charge is 0.494 e. The summed E-state index contributed by atoms with van der Waals surface area (Å²) in [5, 5.41) is 2.93. The molecule has 198 valence electrons. The second-order valence-electron chi connectivity index (χ2n) is 10.1. The zero-order chi connectivity index (χ0) is 26.5. The van der Waals surface area contributed by atoms with Gasteiger partial charge in [0.15, 0.2) is 11.4 Å². The summed E-state index contributed by atoms with van der Waals surface area (Å²) >= 11 is 0. The van der Waals surface area contributed by atoms with E-state index < -0.39 is 23.2 Å². The molecule has 4 unspecified atom stereocenters. The fourth-order valence-electron chi connectivity index (χ4n) is 5.58. The number of alkyl halides is 3. The number of amidine groups is 1. The van der Waals surface area contributed by atoms with Crippen LogP contribution in [0.25, 0.3) is 0 Å². The van der Waals surface area contributed by atoms with Gasteiger partial charge in [0.2, 0.25) is 0 Å². The molecule has 0 bridgehead atoms. The van der Waals surface area contributed by atoms with Crippen LogP contribution in [-0.4, -0.2) is 42.8 Å². The number of carbonyl (C=O) groups excluding carboxylic acids is 1. The highest BCUT2D eigenvalue weighted by atomic mass is 19.4. The zero-order valence-corrected chi connectivity index (χ0v) is 20.8. The third-order valence-corrected chi connectivity index (χ3v) is 7.52. The molecule has 0 saturated heterocycles. The van der Waals surface area contributed by atoms with Crippen molar-refractivity contribution >= 4 is 11.9 Å². The fraction of sp³-hybridized carbons (Fsp3) is 0.500. The van der Waals surface area contributed by atoms with Gasteiger partial charge in [0.25, 0.3) is 11.9 Å². The van der Waals surface area contributed by atoms with E-state index in [2.05, 4.69) is 36.3 Å². The summed E-state index contributed by atoms with van der Waals surface area (Å²) in [6.45, 7) is 4.49. The van der Waals surface area contributed by atoms with Crippen molar-refractivity contribution in [1.82, 2.24) is 10.3 Å². The van der Waals surface area contributed by atoms with E-state index in [1.165, 1.54) is 7.11 Å². The number of ether oxygens (including phenoxy) is 3. The second-order valence-corrected chi connectivity index (χ2v) is 10.1. The number of aliphatic imine (C=N–C) groups is 1. The normalized spacial score (nSPS) is 26.6. The maximum absolute atomic E-state index is 13.1. The molecule has 3 N–H and O–H groups in total. The molecule has 5 rings (SSSR count). The standard InChI is InChI=1S/C26H29F3N4O4/c1-13(2)14-4-6-19-17(8-14)25(12-36-24(30)33-25)18-10-16(5-7-20(18)37-19)32-23(34)22-21(35-3)9-15(11-31-22)26(27,28)29/h4,6,8-9,11,13,16,18,20H,5,7,10,12H2,1-3H3,(H2,30,33)(H,32,34). The Morgan fingerprint density at radius 3 is 2.70 bits per heavy atom. The first-order chi connectivity index (χ1) is 17.5. The predicted molar refractivity (Wildman–Crippen MR) is 129 cm³/mol. The number of rotatable bonds is 4. The molecule has 2 aliphatic heterocycles. The zero-order valence-electron chi connectivity index (χ0n) is 20.8. The molecule has 11 heteroatoms. The van der Waals surface area contributed by atoms with E-state index in [1.807, 2.05) is 6.07 Å². The van der Waals surface area contributed by atoms with Crippen LogP contribution in [0.4, 0.5) is 13.2 Å². The van der Waals surface area contributed by atoms with Gasteiger partial charge < -0.3 is 25.3 Å². The van der Waals surface area contributed by atoms with Gasteiger partial charge in [0.05, 0.1) is 12.7 Å². The minimum absolute atomic E-state index is 0.117. The average Bonchev–Trinajstić information content (AvgIpc) is 3.25. The Morgan fingerprint density at radius 2 is 2.05 bits per heavy atom. The second kappa shape index (κ2) is 9.11. The van der Waals surface area contributed by atoms with E-state index >= 15 is 0 Å². The van der Waals surface area contributed by atoms with Crippen LogP contribution < -0.4 is 20.5 Å². The molecular formula is C26H29F3N4O4. The monoisotopic (exact) mass is 518 g/mol. The lowest BCUT2D eigenvalue weighted by Gasteiger charge is -2.48. The van der Waals surface area contributed by atoms with Crippen LogP contribution >= 0.6 is 0 Å². The molecule has 2 aromatic rings. The number of fused-ring (bicyclic) bond motifs is 4. The SMILES string of the molecule is COc1cc(C(F)(F)F)cnc1C(=O)NC1CCC2Oc3ccc(C(C)C)cc3C3(COC(N)=N3)C2C1. The van der Waals surface area contributed by atoms with Crippen LogP contribution in [0.2, 0.25) is 0 Å². The first-order valence-electron chi connectivity index (χ1n) is 12.2. The van der Waals surface area contributed by atoms with Crippen molar-refractivity contribution in [3.8, 4) is 11.5 Å². The summed E-state index contributed by atoms with van der Waals surface area (Å²) < 4.78 is 56.3. The third-order valence-electron chi connectivity index (χ3n) is 7.52. The first kappa shape index (κ1) is 25.2. The van der Waals surface area contributed by atoms with Gasteiger partial charge in [-0.3, -0.25) is 4.79 Å². The Balaban J connectivity index is 1.42. The van der Waals surface area contributed by atoms with Gasteiger partial charge in [-0.15, -0.1) is 0 Å². The highest BCUT2D eigenvalue weighted by molar-refractivity contribution is 5.95. The predicted octanol–water partition coefficient (Wildman–Crippen LogP) is 4.13. The Morgan fingerprint density at radius 1 is 1.27 bits per heavy atom. The lowest BCUT2D eigenvalue weighted by molar-refractivity contribution is -0.137. The highest BCUT2D eigenvalue weighted by Gasteiger charge is 2.55. The van der Waals surface area contributed by atoms with Gasteiger partial charge in [-0.2, -0.15) is 13.2 Å². The molecule has 1 aromatic carbocycles. The molecule has 0 radical (unpaired) electrons. The molecule has 1 fully saturated rings. The van der Waals surface area contributed by atoms with Crippen molar-refractivity contribution in [3.05, 3.63) is 52.8 Å². The van der Waals surface area contributed by atoms with E-state index in [-0.39, 0.29) is 42.1 Å². The van der Waals surface area contributed by atoms with Gasteiger partial charge in [-0.25, -0.2) is 9.98 Å². The van der Waals surface area contributed by atoms with Gasteiger partial charge >= 0.3 is 6.18 Å². The number of nitrogens with zero attached hydrogens (tertiary/aromatic N) is 2. The van der Waals surface area contributed by atoms with Crippen molar-refractivity contribution in [2.24, 2.45) is 16.6 Å². The van der Waals surface area contributed by atoms with Gasteiger partial charge in [-0.1, -0.05) is 19.9 Å². The van der Waals surface area contributed by atoms with E-state index in [4.69, 9.17) is 24.9 Å². The summed E-state index contributed by atoms with van der Waals surface area (Å²) in [5.41, 5.74) is 6.11. The average molecular weight is 519 g/mol. The van der Waals surface area contributed by atoms with Crippen LogP contribution in [0.3, 0.4) is 0 Å². The maximum atomic E-state index is 13.1. The number of carbonyl (C=O) groups is 1. The van der Waals surface area contributed by atoms with Crippen molar-refractivity contribution in [3.63, 3.8) is 0 Å².